The summed E-state index contributed by atoms with van der Waals surface area (Å²) in [5.41, 5.74) is 5.17. The summed E-state index contributed by atoms with van der Waals surface area (Å²) in [6.07, 6.45) is 1.94. The van der Waals surface area contributed by atoms with E-state index < -0.39 is 0 Å². The van der Waals surface area contributed by atoms with Gasteiger partial charge in [-0.3, -0.25) is 28.8 Å². The van der Waals surface area contributed by atoms with E-state index >= 15 is 0 Å². The van der Waals surface area contributed by atoms with Crippen LogP contribution in [0, 0.1) is 0 Å². The number of carbonyl (C=O) groups excluding carboxylic acids is 6. The van der Waals surface area contributed by atoms with Gasteiger partial charge in [-0.05, 0) is 6.42 Å². The Morgan fingerprint density at radius 2 is 0.542 bits per heavy atom. The van der Waals surface area contributed by atoms with Gasteiger partial charge in [-0.25, -0.2) is 0 Å². The van der Waals surface area contributed by atoms with Crippen molar-refractivity contribution in [2.45, 2.75) is 19.8 Å². The molecular weight excluding hydrogens is 786 g/mol. The Labute approximate surface area is 346 Å². The molecule has 0 radical (unpaired) electrons. The molecule has 0 atom stereocenters. The molecule has 0 bridgehead atoms. The molecule has 8 N–H and O–H groups in total. The number of nitrogens with two attached hydrogens (primary N) is 1. The topological polar surface area (TPSA) is 293 Å². The first kappa shape index (κ1) is 55.4. The van der Waals surface area contributed by atoms with Crippen molar-refractivity contribution in [3.63, 3.8) is 0 Å². The summed E-state index contributed by atoms with van der Waals surface area (Å²) in [7, 11) is 0. The van der Waals surface area contributed by atoms with Crippen LogP contribution in [0.2, 0.25) is 0 Å². The summed E-state index contributed by atoms with van der Waals surface area (Å²) >= 11 is 0. The predicted molar refractivity (Wildman–Crippen MR) is 210 cm³/mol. The second-order valence-electron chi connectivity index (χ2n) is 12.0. The smallest absolute Gasteiger partial charge is 0.246 e. The molecule has 0 aliphatic carbocycles. The van der Waals surface area contributed by atoms with Crippen molar-refractivity contribution in [1.82, 2.24) is 31.9 Å². The van der Waals surface area contributed by atoms with Crippen LogP contribution in [-0.4, -0.2) is 213 Å². The van der Waals surface area contributed by atoms with Gasteiger partial charge in [0.05, 0.1) is 106 Å². The van der Waals surface area contributed by atoms with Crippen LogP contribution in [0.25, 0.3) is 0 Å². The summed E-state index contributed by atoms with van der Waals surface area (Å²) in [6.45, 7) is 7.49. The standard InChI is InChI=1S/C36H69N7O16/c1-2-3-4-38-32(45)26-55-20-16-51-11-6-40-34(47)28-57-22-18-53-13-8-42-36(49)30-59-24-19-54-14-9-43-35(48)29-58-23-17-52-12-7-41-33(46)27-56-21-15-50-10-5-39-31(44)25-37/h2-30,37H2,1H3,(H,38,45)(H,39,44)(H,40,47)(H,41,46)(H,42,49)(H,43,48). The van der Waals surface area contributed by atoms with E-state index in [1.165, 1.54) is 0 Å². The van der Waals surface area contributed by atoms with Gasteiger partial charge in [0.25, 0.3) is 0 Å². The van der Waals surface area contributed by atoms with Crippen LogP contribution < -0.4 is 37.6 Å². The zero-order chi connectivity index (χ0) is 43.3. The van der Waals surface area contributed by atoms with Crippen molar-refractivity contribution in [1.29, 1.82) is 0 Å². The summed E-state index contributed by atoms with van der Waals surface area (Å²) in [4.78, 5) is 69.7. The summed E-state index contributed by atoms with van der Waals surface area (Å²) in [5.74, 6) is -1.60. The Morgan fingerprint density at radius 1 is 0.322 bits per heavy atom. The van der Waals surface area contributed by atoms with Gasteiger partial charge >= 0.3 is 0 Å². The maximum atomic E-state index is 11.9. The second-order valence-corrected chi connectivity index (χ2v) is 12.0. The van der Waals surface area contributed by atoms with Crippen LogP contribution in [0.5, 0.6) is 0 Å². The van der Waals surface area contributed by atoms with Gasteiger partial charge < -0.3 is 85.0 Å². The average Bonchev–Trinajstić information content (AvgIpc) is 3.22. The van der Waals surface area contributed by atoms with E-state index in [-0.39, 0.29) is 167 Å². The fourth-order valence-corrected chi connectivity index (χ4v) is 3.97. The third-order valence-corrected chi connectivity index (χ3v) is 6.91. The van der Waals surface area contributed by atoms with E-state index in [9.17, 15) is 28.8 Å². The van der Waals surface area contributed by atoms with E-state index in [1.54, 1.807) is 0 Å². The fraction of sp³-hybridized carbons (Fsp3) is 0.833. The first-order valence-electron chi connectivity index (χ1n) is 19.9. The normalized spacial score (nSPS) is 10.9. The fourth-order valence-electron chi connectivity index (χ4n) is 3.97. The molecule has 0 heterocycles. The zero-order valence-electron chi connectivity index (χ0n) is 34.6. The maximum absolute atomic E-state index is 11.9. The minimum Gasteiger partial charge on any atom is -0.377 e. The van der Waals surface area contributed by atoms with Crippen LogP contribution in [0.3, 0.4) is 0 Å². The monoisotopic (exact) mass is 855 g/mol. The number of carbonyl (C=O) groups is 6. The molecule has 0 aliphatic heterocycles. The van der Waals surface area contributed by atoms with Crippen LogP contribution in [0.1, 0.15) is 19.8 Å². The number of amides is 6. The Balaban J connectivity index is 3.38. The molecule has 0 saturated heterocycles. The number of unbranched alkanes of at least 4 members (excludes halogenated alkanes) is 1. The van der Waals surface area contributed by atoms with E-state index in [0.717, 1.165) is 12.8 Å². The molecule has 0 rings (SSSR count). The molecule has 6 amide bonds. The molecule has 0 unspecified atom stereocenters. The number of nitrogens with one attached hydrogen (secondary N) is 6. The molecule has 0 fully saturated rings. The lowest BCUT2D eigenvalue weighted by atomic mass is 10.3. The number of hydrogen-bond donors (Lipinski definition) is 7. The van der Waals surface area contributed by atoms with E-state index in [0.29, 0.717) is 46.0 Å². The Hall–Kier alpha value is -3.62. The highest BCUT2D eigenvalue weighted by atomic mass is 16.5. The van der Waals surface area contributed by atoms with Gasteiger partial charge in [0.2, 0.25) is 35.4 Å². The van der Waals surface area contributed by atoms with Gasteiger partial charge in [0.1, 0.15) is 33.0 Å². The molecule has 23 heteroatoms. The van der Waals surface area contributed by atoms with Crippen LogP contribution in [-0.2, 0) is 76.1 Å². The van der Waals surface area contributed by atoms with Crippen LogP contribution in [0.4, 0.5) is 0 Å². The van der Waals surface area contributed by atoms with Crippen molar-refractivity contribution in [2.24, 2.45) is 5.73 Å². The Bertz CT molecular complexity index is 1080. The van der Waals surface area contributed by atoms with Crippen molar-refractivity contribution in [2.75, 3.05) is 178 Å². The Morgan fingerprint density at radius 3 is 0.780 bits per heavy atom. The first-order chi connectivity index (χ1) is 28.8. The van der Waals surface area contributed by atoms with Crippen LogP contribution in [0.15, 0.2) is 0 Å². The molecular formula is C36H69N7O16. The molecule has 59 heavy (non-hydrogen) atoms. The number of rotatable bonds is 44. The summed E-state index contributed by atoms with van der Waals surface area (Å²) in [5, 5.41) is 15.9. The zero-order valence-corrected chi connectivity index (χ0v) is 34.6. The van der Waals surface area contributed by atoms with Gasteiger partial charge in [0, 0.05) is 39.3 Å². The predicted octanol–water partition coefficient (Wildman–Crippen LogP) is -4.39. The summed E-state index contributed by atoms with van der Waals surface area (Å²) in [6, 6.07) is 0. The molecule has 0 aromatic rings. The van der Waals surface area contributed by atoms with Crippen molar-refractivity contribution in [3.05, 3.63) is 0 Å². The number of ether oxygens (including phenoxy) is 10. The SMILES string of the molecule is CCCCNC(=O)COCCOCCNC(=O)COCCOCCNC(=O)COCCOCCNC(=O)COCCOCCNC(=O)COCCOCCNC(=O)CN. The molecule has 0 saturated carbocycles. The molecule has 344 valence electrons. The number of hydrogen-bond acceptors (Lipinski definition) is 17. The highest BCUT2D eigenvalue weighted by Crippen LogP contribution is 1.86. The van der Waals surface area contributed by atoms with E-state index in [4.69, 9.17) is 53.1 Å². The minimum atomic E-state index is -0.309. The van der Waals surface area contributed by atoms with Crippen molar-refractivity contribution < 1.29 is 76.1 Å². The Kier molecular flexibility index (Phi) is 41.2. The van der Waals surface area contributed by atoms with E-state index in [2.05, 4.69) is 31.9 Å². The van der Waals surface area contributed by atoms with Gasteiger partial charge in [-0.1, -0.05) is 13.3 Å². The molecule has 0 spiro atoms. The van der Waals surface area contributed by atoms with Crippen LogP contribution >= 0.6 is 0 Å². The quantitative estimate of drug-likeness (QED) is 0.0285. The molecule has 0 aliphatic rings. The average molecular weight is 856 g/mol. The van der Waals surface area contributed by atoms with Gasteiger partial charge in [0.15, 0.2) is 0 Å². The second kappa shape index (κ2) is 43.9. The lowest BCUT2D eigenvalue weighted by Gasteiger charge is -2.09. The third-order valence-electron chi connectivity index (χ3n) is 6.91. The first-order valence-corrected chi connectivity index (χ1v) is 19.9. The molecule has 23 nitrogen and oxygen atoms in total. The largest absolute Gasteiger partial charge is 0.377 e. The maximum Gasteiger partial charge on any atom is 0.246 e. The lowest BCUT2D eigenvalue weighted by molar-refractivity contribution is -0.128. The molecule has 0 aromatic heterocycles. The van der Waals surface area contributed by atoms with Crippen molar-refractivity contribution in [3.8, 4) is 0 Å². The highest BCUT2D eigenvalue weighted by Gasteiger charge is 2.06. The third kappa shape index (κ3) is 43.8. The van der Waals surface area contributed by atoms with Gasteiger partial charge in [-0.15, -0.1) is 0 Å². The molecule has 0 aromatic carbocycles. The summed E-state index contributed by atoms with van der Waals surface area (Å²) < 4.78 is 52.9. The highest BCUT2D eigenvalue weighted by molar-refractivity contribution is 5.78. The van der Waals surface area contributed by atoms with E-state index in [1.807, 2.05) is 6.92 Å². The minimum absolute atomic E-state index is 0.00642. The lowest BCUT2D eigenvalue weighted by Crippen LogP contribution is -2.33. The van der Waals surface area contributed by atoms with Crippen molar-refractivity contribution >= 4 is 35.4 Å². The van der Waals surface area contributed by atoms with Gasteiger partial charge in [-0.2, -0.15) is 0 Å².